The summed E-state index contributed by atoms with van der Waals surface area (Å²) in [4.78, 5) is 2.63. The number of hydrogen-bond acceptors (Lipinski definition) is 2. The molecule has 0 fully saturated rings. The quantitative estimate of drug-likeness (QED) is 0.0752. The van der Waals surface area contributed by atoms with E-state index < -0.39 is 0 Å². The molecule has 8 unspecified atom stereocenters. The van der Waals surface area contributed by atoms with Crippen molar-refractivity contribution in [3.63, 3.8) is 0 Å². The van der Waals surface area contributed by atoms with Crippen LogP contribution in [0.4, 0.5) is 11.4 Å². The van der Waals surface area contributed by atoms with E-state index in [1.807, 2.05) is 6.08 Å². The molecule has 9 aliphatic rings. The van der Waals surface area contributed by atoms with Crippen molar-refractivity contribution in [1.29, 1.82) is 0 Å². The van der Waals surface area contributed by atoms with Gasteiger partial charge in [-0.3, -0.25) is 0 Å². The van der Waals surface area contributed by atoms with Crippen molar-refractivity contribution in [3.8, 4) is 11.1 Å². The van der Waals surface area contributed by atoms with Gasteiger partial charge in [0.25, 0.3) is 0 Å². The van der Waals surface area contributed by atoms with Crippen LogP contribution in [0.15, 0.2) is 260 Å². The third-order valence-electron chi connectivity index (χ3n) is 23.4. The fourth-order valence-electron chi connectivity index (χ4n) is 17.7. The number of anilines is 2. The normalized spacial score (nSPS) is 24.0. The molecule has 0 radical (unpaired) electrons. The monoisotopic (exact) mass is 1260 g/mol. The van der Waals surface area contributed by atoms with Crippen molar-refractivity contribution in [3.05, 3.63) is 304 Å². The number of aromatic nitrogens is 1. The zero-order chi connectivity index (χ0) is 65.5. The highest BCUT2D eigenvalue weighted by molar-refractivity contribution is 6.01. The van der Waals surface area contributed by atoms with Crippen molar-refractivity contribution >= 4 is 51.3 Å². The molecule has 1 aromatic heterocycles. The molecule has 15 rings (SSSR count). The van der Waals surface area contributed by atoms with Gasteiger partial charge < -0.3 is 14.2 Å². The third kappa shape index (κ3) is 12.6. The molecule has 0 saturated heterocycles. The van der Waals surface area contributed by atoms with Gasteiger partial charge in [0.15, 0.2) is 0 Å². The highest BCUT2D eigenvalue weighted by Crippen LogP contribution is 2.59. The molecule has 0 spiro atoms. The minimum Gasteiger partial charge on any atom is -0.374 e. The van der Waals surface area contributed by atoms with Crippen LogP contribution < -0.4 is 4.90 Å². The van der Waals surface area contributed by atoms with Gasteiger partial charge in [-0.05, 0) is 257 Å². The SMILES string of the molecule is C=Cc1ccc(C2C=CC3=C(C=CC(OCC(C)CCC(C)CC4(C5C=CC=CC5)c5ccccc5-c5ccc(N(C6=CC=C(C7=CCC(C(C)(C)C)C=C7)CC6)c6ccc(C7=Cc8c(n(C9=CC=CCC9)c9ccc(C%10=CCC(C=C)CC%10)cc89)CC7)cc6)cc54)C3)C2)cc1. The highest BCUT2D eigenvalue weighted by Gasteiger charge is 2.49. The molecule has 1 heterocycles. The Hall–Kier alpha value is -8.50. The summed E-state index contributed by atoms with van der Waals surface area (Å²) in [6.07, 6.45) is 64.4. The van der Waals surface area contributed by atoms with Gasteiger partial charge in [0.05, 0.1) is 11.6 Å². The van der Waals surface area contributed by atoms with Gasteiger partial charge in [-0.1, -0.05) is 224 Å². The van der Waals surface area contributed by atoms with Crippen LogP contribution in [0, 0.1) is 35.0 Å². The van der Waals surface area contributed by atoms with Crippen LogP contribution >= 0.6 is 0 Å². The predicted molar refractivity (Wildman–Crippen MR) is 410 cm³/mol. The van der Waals surface area contributed by atoms with Crippen LogP contribution in [0.5, 0.6) is 0 Å². The summed E-state index contributed by atoms with van der Waals surface area (Å²) in [5.41, 5.74) is 29.0. The zero-order valence-electron chi connectivity index (χ0n) is 57.7. The predicted octanol–water partition coefficient (Wildman–Crippen LogP) is 24.8. The molecule has 486 valence electrons. The number of ether oxygens (including phenoxy) is 1. The Morgan fingerprint density at radius 3 is 2.21 bits per heavy atom. The van der Waals surface area contributed by atoms with Gasteiger partial charge in [0, 0.05) is 63.8 Å². The van der Waals surface area contributed by atoms with Crippen molar-refractivity contribution in [2.75, 3.05) is 11.5 Å². The number of hydrogen-bond donors (Lipinski definition) is 0. The Morgan fingerprint density at radius 2 is 1.46 bits per heavy atom. The molecule has 0 N–H and O–H groups in total. The molecule has 3 nitrogen and oxygen atoms in total. The lowest BCUT2D eigenvalue weighted by atomic mass is 9.62. The Labute approximate surface area is 573 Å². The Morgan fingerprint density at radius 1 is 0.656 bits per heavy atom. The lowest BCUT2D eigenvalue weighted by Gasteiger charge is -2.41. The molecule has 0 bridgehead atoms. The van der Waals surface area contributed by atoms with E-state index in [1.54, 1.807) is 0 Å². The molecule has 8 atom stereocenters. The van der Waals surface area contributed by atoms with E-state index in [1.165, 1.54) is 129 Å². The molecule has 0 aliphatic heterocycles. The summed E-state index contributed by atoms with van der Waals surface area (Å²) in [6.45, 7) is 20.9. The van der Waals surface area contributed by atoms with Gasteiger partial charge in [-0.25, -0.2) is 0 Å². The minimum absolute atomic E-state index is 0.116. The van der Waals surface area contributed by atoms with Crippen LogP contribution in [-0.4, -0.2) is 17.3 Å². The highest BCUT2D eigenvalue weighted by atomic mass is 16.5. The molecule has 3 heteroatoms. The summed E-state index contributed by atoms with van der Waals surface area (Å²) in [5, 5.41) is 1.38. The van der Waals surface area contributed by atoms with E-state index in [4.69, 9.17) is 4.74 Å². The zero-order valence-corrected chi connectivity index (χ0v) is 57.7. The van der Waals surface area contributed by atoms with E-state index in [0.29, 0.717) is 35.5 Å². The molecule has 9 aliphatic carbocycles. The smallest absolute Gasteiger partial charge is 0.0799 e. The first-order valence-electron chi connectivity index (χ1n) is 36.6. The fraction of sp³-hybridized carbons (Fsp3) is 0.333. The topological polar surface area (TPSA) is 17.4 Å². The summed E-state index contributed by atoms with van der Waals surface area (Å²) in [7, 11) is 0. The number of rotatable bonds is 19. The molecular formula is C93H98N2O. The number of benzene rings is 5. The first kappa shape index (κ1) is 63.5. The number of allylic oxidation sites excluding steroid dienone is 24. The second kappa shape index (κ2) is 27.2. The number of fused-ring (bicyclic) bond motifs is 6. The standard InChI is InChI=1S/C93H98N2O/c1-8-65-26-30-69(31-27-65)72-34-35-74-57-83(52-42-73(74)56-72)96-62-64(4)25-24-63(3)61-93(78-18-12-10-13-19-78)88-23-17-16-22-84(88)85-53-51-82(60-89(85)93)94(80-47-38-68(39-48-80)67-36-45-77(46-37-67)92(5,6)7)81-49-40-71(41-50-81)76-44-55-91-87(59-76)86-58-75(70-32-28-66(9-2)29-33-70)43-54-90(86)95(91)79-20-14-11-15-21-79/h8-14,16-18,20,22-23,26-27,30-32,34-38,40-43,45,47,49-54,58-60,63-64,66,72,77-78,83H,1-2,15,19,21,24-25,28-29,33,39,44,46,48,55-57,61-62H2,3-7H3. The second-order valence-corrected chi connectivity index (χ2v) is 30.6. The molecule has 5 aromatic carbocycles. The van der Waals surface area contributed by atoms with E-state index in [-0.39, 0.29) is 16.9 Å². The fourth-order valence-corrected chi connectivity index (χ4v) is 17.7. The third-order valence-corrected chi connectivity index (χ3v) is 23.4. The van der Waals surface area contributed by atoms with Gasteiger partial charge in [-0.15, -0.1) is 6.58 Å². The van der Waals surface area contributed by atoms with Crippen LogP contribution in [0.3, 0.4) is 0 Å². The van der Waals surface area contributed by atoms with E-state index in [0.717, 1.165) is 103 Å². The second-order valence-electron chi connectivity index (χ2n) is 30.6. The van der Waals surface area contributed by atoms with Gasteiger partial charge in [-0.2, -0.15) is 0 Å². The van der Waals surface area contributed by atoms with Gasteiger partial charge in [0.1, 0.15) is 0 Å². The molecular weight excluding hydrogens is 1160 g/mol. The van der Waals surface area contributed by atoms with Crippen LogP contribution in [0.25, 0.3) is 51.0 Å². The minimum atomic E-state index is -0.209. The van der Waals surface area contributed by atoms with Crippen LogP contribution in [-0.2, 0) is 16.6 Å². The summed E-state index contributed by atoms with van der Waals surface area (Å²) >= 11 is 0. The summed E-state index contributed by atoms with van der Waals surface area (Å²) in [6, 6.07) is 43.0. The van der Waals surface area contributed by atoms with Crippen molar-refractivity contribution in [2.45, 2.75) is 155 Å². The van der Waals surface area contributed by atoms with E-state index >= 15 is 0 Å². The Bertz CT molecular complexity index is 4430. The average Bonchev–Trinajstić information content (AvgIpc) is 1.55. The van der Waals surface area contributed by atoms with Crippen LogP contribution in [0.2, 0.25) is 0 Å². The Balaban J connectivity index is 0.730. The maximum absolute atomic E-state index is 6.78. The number of nitrogens with zero attached hydrogens (tertiary/aromatic N) is 2. The van der Waals surface area contributed by atoms with Crippen molar-refractivity contribution in [2.24, 2.45) is 35.0 Å². The molecule has 0 saturated carbocycles. The lowest BCUT2D eigenvalue weighted by molar-refractivity contribution is 0.0569. The first-order valence-corrected chi connectivity index (χ1v) is 36.6. The average molecular weight is 1260 g/mol. The van der Waals surface area contributed by atoms with Crippen molar-refractivity contribution in [1.82, 2.24) is 4.57 Å². The summed E-state index contributed by atoms with van der Waals surface area (Å²) < 4.78 is 9.40. The summed E-state index contributed by atoms with van der Waals surface area (Å²) in [5.74, 6) is 2.79. The molecule has 96 heavy (non-hydrogen) atoms. The van der Waals surface area contributed by atoms with E-state index in [2.05, 4.69) is 282 Å². The van der Waals surface area contributed by atoms with Crippen molar-refractivity contribution < 1.29 is 4.74 Å². The lowest BCUT2D eigenvalue weighted by Crippen LogP contribution is -2.36. The van der Waals surface area contributed by atoms with Gasteiger partial charge >= 0.3 is 0 Å². The largest absolute Gasteiger partial charge is 0.374 e. The maximum atomic E-state index is 6.78. The van der Waals surface area contributed by atoms with E-state index in [9.17, 15) is 0 Å². The maximum Gasteiger partial charge on any atom is 0.0799 e. The first-order chi connectivity index (χ1) is 46.9. The Kier molecular flexibility index (Phi) is 18.0. The molecule has 6 aromatic rings. The van der Waals surface area contributed by atoms with Crippen LogP contribution in [0.1, 0.15) is 181 Å². The molecule has 0 amide bonds. The van der Waals surface area contributed by atoms with Gasteiger partial charge in [0.2, 0.25) is 0 Å².